The first-order valence-corrected chi connectivity index (χ1v) is 7.81. The Morgan fingerprint density at radius 1 is 1.29 bits per heavy atom. The average molecular weight is 220 g/mol. The van der Waals surface area contributed by atoms with E-state index in [1.807, 2.05) is 13.1 Å². The highest BCUT2D eigenvalue weighted by molar-refractivity contribution is 6.64. The van der Waals surface area contributed by atoms with Crippen LogP contribution in [0.2, 0.25) is 13.1 Å². The van der Waals surface area contributed by atoms with Gasteiger partial charge in [0.1, 0.15) is 0 Å². The van der Waals surface area contributed by atoms with E-state index in [0.717, 1.165) is 19.0 Å². The molecule has 0 amide bonds. The summed E-state index contributed by atoms with van der Waals surface area (Å²) in [6.45, 7) is 8.29. The van der Waals surface area contributed by atoms with E-state index < -0.39 is 8.56 Å². The lowest BCUT2D eigenvalue weighted by molar-refractivity contribution is 0.258. The highest BCUT2D eigenvalue weighted by atomic mass is 28.4. The standard InChI is InChI=1S/C5H12N2.C4H12O2Si/c1-4(6)5-2-7-3-5;1-5-7(3,4)6-2/h4-5,7H,2-3,6H2,1H3;1-4H3. The third-order valence-electron chi connectivity index (χ3n) is 2.54. The third-order valence-corrected chi connectivity index (χ3v) is 4.51. The molecule has 1 unspecified atom stereocenters. The van der Waals surface area contributed by atoms with Gasteiger partial charge in [-0.15, -0.1) is 0 Å². The number of nitrogens with one attached hydrogen (secondary N) is 1. The molecule has 1 saturated heterocycles. The summed E-state index contributed by atoms with van der Waals surface area (Å²) in [5, 5.41) is 3.16. The Morgan fingerprint density at radius 2 is 1.71 bits per heavy atom. The first-order valence-electron chi connectivity index (χ1n) is 4.99. The summed E-state index contributed by atoms with van der Waals surface area (Å²) in [6.07, 6.45) is 0. The van der Waals surface area contributed by atoms with Crippen LogP contribution < -0.4 is 11.1 Å². The van der Waals surface area contributed by atoms with Crippen LogP contribution in [0.4, 0.5) is 0 Å². The Bertz CT molecular complexity index is 144. The Kier molecular flexibility index (Phi) is 6.55. The van der Waals surface area contributed by atoms with Gasteiger partial charge < -0.3 is 19.9 Å². The van der Waals surface area contributed by atoms with E-state index in [1.165, 1.54) is 0 Å². The normalized spacial score (nSPS) is 19.3. The number of hydrogen-bond acceptors (Lipinski definition) is 4. The molecule has 86 valence electrons. The second-order valence-corrected chi connectivity index (χ2v) is 7.70. The largest absolute Gasteiger partial charge is 0.398 e. The van der Waals surface area contributed by atoms with Crippen LogP contribution in [0.1, 0.15) is 6.92 Å². The van der Waals surface area contributed by atoms with Crippen molar-refractivity contribution in [3.05, 3.63) is 0 Å². The summed E-state index contributed by atoms with van der Waals surface area (Å²) in [5.41, 5.74) is 5.56. The Balaban J connectivity index is 0.000000241. The Hall–Kier alpha value is 0.0569. The van der Waals surface area contributed by atoms with Crippen molar-refractivity contribution in [3.8, 4) is 0 Å². The average Bonchev–Trinajstić information content (AvgIpc) is 2.01. The lowest BCUT2D eigenvalue weighted by Gasteiger charge is -2.30. The van der Waals surface area contributed by atoms with Crippen LogP contribution in [0, 0.1) is 5.92 Å². The van der Waals surface area contributed by atoms with Crippen LogP contribution >= 0.6 is 0 Å². The van der Waals surface area contributed by atoms with Crippen molar-refractivity contribution in [2.75, 3.05) is 27.3 Å². The lowest BCUT2D eigenvalue weighted by Crippen LogP contribution is -2.50. The quantitative estimate of drug-likeness (QED) is 0.682. The minimum absolute atomic E-state index is 0.390. The van der Waals surface area contributed by atoms with E-state index in [9.17, 15) is 0 Å². The van der Waals surface area contributed by atoms with E-state index in [4.69, 9.17) is 14.6 Å². The highest BCUT2D eigenvalue weighted by Crippen LogP contribution is 2.04. The summed E-state index contributed by atoms with van der Waals surface area (Å²) in [5.74, 6) is 0.750. The van der Waals surface area contributed by atoms with Crippen LogP contribution in [0.25, 0.3) is 0 Å². The number of nitrogens with two attached hydrogens (primary N) is 1. The zero-order chi connectivity index (χ0) is 11.2. The summed E-state index contributed by atoms with van der Waals surface area (Å²) in [7, 11) is 1.70. The Morgan fingerprint density at radius 3 is 1.71 bits per heavy atom. The summed E-state index contributed by atoms with van der Waals surface area (Å²) in [6, 6.07) is 0.390. The van der Waals surface area contributed by atoms with Crippen LogP contribution in [0.5, 0.6) is 0 Å². The zero-order valence-corrected chi connectivity index (χ0v) is 11.0. The van der Waals surface area contributed by atoms with E-state index >= 15 is 0 Å². The SMILES string of the molecule is CC(N)C1CNC1.CO[Si](C)(C)OC. The highest BCUT2D eigenvalue weighted by Gasteiger charge is 2.19. The van der Waals surface area contributed by atoms with Gasteiger partial charge >= 0.3 is 8.56 Å². The molecule has 0 aromatic heterocycles. The van der Waals surface area contributed by atoms with Crippen molar-refractivity contribution in [2.24, 2.45) is 11.7 Å². The monoisotopic (exact) mass is 220 g/mol. The predicted molar refractivity (Wildman–Crippen MR) is 61.5 cm³/mol. The van der Waals surface area contributed by atoms with Crippen LogP contribution in [0.3, 0.4) is 0 Å². The van der Waals surface area contributed by atoms with Crippen LogP contribution in [-0.4, -0.2) is 41.9 Å². The molecule has 14 heavy (non-hydrogen) atoms. The molecule has 5 heteroatoms. The lowest BCUT2D eigenvalue weighted by atomic mass is 9.96. The van der Waals surface area contributed by atoms with E-state index in [1.54, 1.807) is 14.2 Å². The molecule has 1 heterocycles. The second-order valence-electron chi connectivity index (χ2n) is 4.09. The fourth-order valence-corrected chi connectivity index (χ4v) is 0.933. The molecular weight excluding hydrogens is 196 g/mol. The molecule has 4 nitrogen and oxygen atoms in total. The van der Waals surface area contributed by atoms with Crippen molar-refractivity contribution in [1.82, 2.24) is 5.32 Å². The van der Waals surface area contributed by atoms with Crippen LogP contribution in [0.15, 0.2) is 0 Å². The van der Waals surface area contributed by atoms with E-state index in [-0.39, 0.29) is 0 Å². The smallest absolute Gasteiger partial charge is 0.331 e. The molecule has 1 rings (SSSR count). The van der Waals surface area contributed by atoms with Crippen molar-refractivity contribution >= 4 is 8.56 Å². The van der Waals surface area contributed by atoms with Gasteiger partial charge in [-0.25, -0.2) is 0 Å². The topological polar surface area (TPSA) is 56.5 Å². The second kappa shape index (κ2) is 6.52. The van der Waals surface area contributed by atoms with Gasteiger partial charge in [0, 0.05) is 33.4 Å². The van der Waals surface area contributed by atoms with E-state index in [0.29, 0.717) is 6.04 Å². The maximum absolute atomic E-state index is 5.56. The molecule has 1 aliphatic rings. The summed E-state index contributed by atoms with van der Waals surface area (Å²) in [4.78, 5) is 0. The molecule has 0 aliphatic carbocycles. The van der Waals surface area contributed by atoms with Crippen molar-refractivity contribution in [3.63, 3.8) is 0 Å². The first-order chi connectivity index (χ1) is 6.43. The summed E-state index contributed by atoms with van der Waals surface area (Å²) >= 11 is 0. The van der Waals surface area contributed by atoms with E-state index in [2.05, 4.69) is 12.2 Å². The molecule has 0 bridgehead atoms. The molecule has 1 atom stereocenters. The van der Waals surface area contributed by atoms with Gasteiger partial charge in [-0.3, -0.25) is 0 Å². The Labute approximate surface area is 88.4 Å². The molecule has 0 spiro atoms. The van der Waals surface area contributed by atoms with Crippen molar-refractivity contribution in [1.29, 1.82) is 0 Å². The zero-order valence-electron chi connectivity index (χ0n) is 9.96. The molecule has 0 aromatic rings. The molecule has 0 radical (unpaired) electrons. The molecule has 3 N–H and O–H groups in total. The molecule has 1 fully saturated rings. The third kappa shape index (κ3) is 5.72. The minimum atomic E-state index is -1.65. The maximum atomic E-state index is 5.56. The van der Waals surface area contributed by atoms with Crippen LogP contribution in [-0.2, 0) is 8.85 Å². The first kappa shape index (κ1) is 14.1. The molecule has 1 aliphatic heterocycles. The van der Waals surface area contributed by atoms with Gasteiger partial charge in [-0.05, 0) is 25.9 Å². The summed E-state index contributed by atoms with van der Waals surface area (Å²) < 4.78 is 10.0. The van der Waals surface area contributed by atoms with Gasteiger partial charge in [0.25, 0.3) is 0 Å². The fraction of sp³-hybridized carbons (Fsp3) is 1.00. The van der Waals surface area contributed by atoms with Gasteiger partial charge in [0.05, 0.1) is 0 Å². The fourth-order valence-electron chi connectivity index (χ4n) is 0.766. The number of hydrogen-bond donors (Lipinski definition) is 2. The van der Waals surface area contributed by atoms with Gasteiger partial charge in [0.15, 0.2) is 0 Å². The number of rotatable bonds is 3. The predicted octanol–water partition coefficient (Wildman–Crippen LogP) is 0.534. The molecular formula is C9H24N2O2Si. The molecule has 0 saturated carbocycles. The maximum Gasteiger partial charge on any atom is 0.331 e. The van der Waals surface area contributed by atoms with Gasteiger partial charge in [-0.2, -0.15) is 0 Å². The van der Waals surface area contributed by atoms with Gasteiger partial charge in [-0.1, -0.05) is 0 Å². The van der Waals surface area contributed by atoms with Crippen molar-refractivity contribution in [2.45, 2.75) is 26.1 Å². The molecule has 0 aromatic carbocycles. The van der Waals surface area contributed by atoms with Crippen molar-refractivity contribution < 1.29 is 8.85 Å². The van der Waals surface area contributed by atoms with Gasteiger partial charge in [0.2, 0.25) is 0 Å². The minimum Gasteiger partial charge on any atom is -0.398 e.